The molecule has 0 aliphatic carbocycles. The van der Waals surface area contributed by atoms with Crippen LogP contribution in [-0.2, 0) is 0 Å². The fourth-order valence-corrected chi connectivity index (χ4v) is 2.50. The number of hydrogen-bond donors (Lipinski definition) is 2. The second kappa shape index (κ2) is 7.09. The Morgan fingerprint density at radius 3 is 2.52 bits per heavy atom. The van der Waals surface area contributed by atoms with E-state index in [-0.39, 0.29) is 5.91 Å². The van der Waals surface area contributed by atoms with Crippen LogP contribution < -0.4 is 10.6 Å². The maximum atomic E-state index is 12.3. The largest absolute Gasteiger partial charge is 0.351 e. The fraction of sp³-hybridized carbons (Fsp3) is 0.353. The van der Waals surface area contributed by atoms with E-state index in [9.17, 15) is 4.79 Å². The second-order valence-corrected chi connectivity index (χ2v) is 5.07. The minimum absolute atomic E-state index is 0.0109. The summed E-state index contributed by atoms with van der Waals surface area (Å²) in [5, 5.41) is 6.14. The highest BCUT2D eigenvalue weighted by atomic mass is 16.1. The van der Waals surface area contributed by atoms with Gasteiger partial charge in [-0.1, -0.05) is 25.1 Å². The van der Waals surface area contributed by atoms with E-state index in [1.54, 1.807) is 0 Å². The molecule has 1 heterocycles. The summed E-state index contributed by atoms with van der Waals surface area (Å²) in [4.78, 5) is 12.3. The van der Waals surface area contributed by atoms with Crippen molar-refractivity contribution >= 4 is 5.91 Å². The van der Waals surface area contributed by atoms with Gasteiger partial charge in [-0.3, -0.25) is 4.79 Å². The van der Waals surface area contributed by atoms with Crippen molar-refractivity contribution in [2.75, 3.05) is 19.6 Å². The molecule has 0 fully saturated rings. The number of nitrogens with one attached hydrogen (secondary N) is 2. The lowest BCUT2D eigenvalue weighted by Gasteiger charge is -2.10. The van der Waals surface area contributed by atoms with E-state index in [1.165, 1.54) is 0 Å². The van der Waals surface area contributed by atoms with Crippen molar-refractivity contribution in [3.63, 3.8) is 0 Å². The van der Waals surface area contributed by atoms with E-state index in [4.69, 9.17) is 0 Å². The minimum atomic E-state index is -0.0109. The molecule has 1 aromatic carbocycles. The number of hydrogen-bond acceptors (Lipinski definition) is 2. The normalized spacial score (nSPS) is 10.6. The molecular formula is C17H23N3O. The van der Waals surface area contributed by atoms with Gasteiger partial charge < -0.3 is 15.2 Å². The lowest BCUT2D eigenvalue weighted by molar-refractivity contribution is 0.0953. The number of likely N-dealkylation sites (N-methyl/N-ethyl adjacent to an activating group) is 1. The van der Waals surface area contributed by atoms with Crippen LogP contribution in [0.4, 0.5) is 0 Å². The van der Waals surface area contributed by atoms with Crippen molar-refractivity contribution in [1.29, 1.82) is 0 Å². The molecule has 4 nitrogen and oxygen atoms in total. The number of nitrogens with zero attached hydrogens (tertiary/aromatic N) is 1. The lowest BCUT2D eigenvalue weighted by Crippen LogP contribution is -2.31. The Morgan fingerprint density at radius 2 is 1.86 bits per heavy atom. The number of amides is 1. The summed E-state index contributed by atoms with van der Waals surface area (Å²) in [6, 6.07) is 12.0. The molecule has 0 aliphatic heterocycles. The average Bonchev–Trinajstić information content (AvgIpc) is 2.79. The van der Waals surface area contributed by atoms with E-state index < -0.39 is 0 Å². The van der Waals surface area contributed by atoms with Crippen molar-refractivity contribution in [3.8, 4) is 5.69 Å². The van der Waals surface area contributed by atoms with E-state index in [0.29, 0.717) is 6.54 Å². The molecule has 2 rings (SSSR count). The third-order valence-corrected chi connectivity index (χ3v) is 3.53. The number of aromatic nitrogens is 1. The Kier molecular flexibility index (Phi) is 5.17. The molecule has 0 radical (unpaired) electrons. The Bertz CT molecular complexity index is 602. The highest BCUT2D eigenvalue weighted by molar-refractivity contribution is 5.95. The zero-order valence-corrected chi connectivity index (χ0v) is 12.9. The molecule has 2 N–H and O–H groups in total. The van der Waals surface area contributed by atoms with E-state index in [1.807, 2.05) is 50.2 Å². The molecule has 2 aromatic rings. The number of para-hydroxylation sites is 1. The summed E-state index contributed by atoms with van der Waals surface area (Å²) in [6.07, 6.45) is 0. The van der Waals surface area contributed by atoms with Crippen molar-refractivity contribution < 1.29 is 4.79 Å². The summed E-state index contributed by atoms with van der Waals surface area (Å²) in [5.41, 5.74) is 3.86. The standard InChI is InChI=1S/C17H23N3O/c1-4-18-10-11-19-17(21)16-12-13(2)20(14(16)3)15-8-6-5-7-9-15/h5-9,12,18H,4,10-11H2,1-3H3,(H,19,21). The first-order valence-corrected chi connectivity index (χ1v) is 7.38. The first kappa shape index (κ1) is 15.3. The maximum absolute atomic E-state index is 12.3. The average molecular weight is 285 g/mol. The molecule has 0 atom stereocenters. The molecule has 112 valence electrons. The number of carbonyl (C=O) groups excluding carboxylic acids is 1. The van der Waals surface area contributed by atoms with Gasteiger partial charge >= 0.3 is 0 Å². The summed E-state index contributed by atoms with van der Waals surface area (Å²) in [7, 11) is 0. The summed E-state index contributed by atoms with van der Waals surface area (Å²) >= 11 is 0. The van der Waals surface area contributed by atoms with Crippen molar-refractivity contribution in [2.24, 2.45) is 0 Å². The van der Waals surface area contributed by atoms with Crippen LogP contribution in [0, 0.1) is 13.8 Å². The van der Waals surface area contributed by atoms with Crippen molar-refractivity contribution in [1.82, 2.24) is 15.2 Å². The molecule has 1 amide bonds. The number of benzene rings is 1. The van der Waals surface area contributed by atoms with Gasteiger partial charge in [0.2, 0.25) is 0 Å². The second-order valence-electron chi connectivity index (χ2n) is 5.07. The monoisotopic (exact) mass is 285 g/mol. The van der Waals surface area contributed by atoms with Gasteiger partial charge in [-0.05, 0) is 38.6 Å². The highest BCUT2D eigenvalue weighted by Gasteiger charge is 2.15. The van der Waals surface area contributed by atoms with Gasteiger partial charge in [0.05, 0.1) is 5.56 Å². The van der Waals surface area contributed by atoms with Gasteiger partial charge in [-0.25, -0.2) is 0 Å². The third-order valence-electron chi connectivity index (χ3n) is 3.53. The predicted molar refractivity (Wildman–Crippen MR) is 86.1 cm³/mol. The van der Waals surface area contributed by atoms with E-state index >= 15 is 0 Å². The van der Waals surface area contributed by atoms with E-state index in [2.05, 4.69) is 22.1 Å². The fourth-order valence-electron chi connectivity index (χ4n) is 2.50. The zero-order chi connectivity index (χ0) is 15.2. The van der Waals surface area contributed by atoms with Gasteiger partial charge in [0.15, 0.2) is 0 Å². The summed E-state index contributed by atoms with van der Waals surface area (Å²) in [6.45, 7) is 8.41. The molecule has 0 aliphatic rings. The molecule has 0 saturated carbocycles. The Labute approximate surface area is 126 Å². The SMILES string of the molecule is CCNCCNC(=O)c1cc(C)n(-c2ccccc2)c1C. The van der Waals surface area contributed by atoms with Crippen LogP contribution >= 0.6 is 0 Å². The van der Waals surface area contributed by atoms with Gasteiger partial charge in [0, 0.05) is 30.2 Å². The molecular weight excluding hydrogens is 262 g/mol. The molecule has 4 heteroatoms. The number of aryl methyl sites for hydroxylation is 1. The number of carbonyl (C=O) groups is 1. The Balaban J connectivity index is 2.17. The molecule has 0 saturated heterocycles. The molecule has 21 heavy (non-hydrogen) atoms. The molecule has 0 bridgehead atoms. The van der Waals surface area contributed by atoms with Gasteiger partial charge in [-0.15, -0.1) is 0 Å². The highest BCUT2D eigenvalue weighted by Crippen LogP contribution is 2.20. The van der Waals surface area contributed by atoms with Gasteiger partial charge in [0.1, 0.15) is 0 Å². The molecule has 0 unspecified atom stereocenters. The van der Waals surface area contributed by atoms with Crippen LogP contribution in [0.15, 0.2) is 36.4 Å². The van der Waals surface area contributed by atoms with Crippen LogP contribution in [0.1, 0.15) is 28.7 Å². The van der Waals surface area contributed by atoms with Crippen LogP contribution in [0.5, 0.6) is 0 Å². The molecule has 0 spiro atoms. The maximum Gasteiger partial charge on any atom is 0.253 e. The van der Waals surface area contributed by atoms with Crippen LogP contribution in [-0.4, -0.2) is 30.1 Å². The Morgan fingerprint density at radius 1 is 1.14 bits per heavy atom. The van der Waals surface area contributed by atoms with Crippen LogP contribution in [0.25, 0.3) is 5.69 Å². The minimum Gasteiger partial charge on any atom is -0.351 e. The first-order chi connectivity index (χ1) is 10.1. The van der Waals surface area contributed by atoms with Gasteiger partial charge in [0.25, 0.3) is 5.91 Å². The van der Waals surface area contributed by atoms with Crippen molar-refractivity contribution in [2.45, 2.75) is 20.8 Å². The summed E-state index contributed by atoms with van der Waals surface area (Å²) < 4.78 is 2.11. The first-order valence-electron chi connectivity index (χ1n) is 7.38. The van der Waals surface area contributed by atoms with Crippen LogP contribution in [0.3, 0.4) is 0 Å². The third kappa shape index (κ3) is 3.52. The lowest BCUT2D eigenvalue weighted by atomic mass is 10.2. The van der Waals surface area contributed by atoms with Gasteiger partial charge in [-0.2, -0.15) is 0 Å². The van der Waals surface area contributed by atoms with Crippen LogP contribution in [0.2, 0.25) is 0 Å². The quantitative estimate of drug-likeness (QED) is 0.801. The van der Waals surface area contributed by atoms with E-state index in [0.717, 1.165) is 35.7 Å². The predicted octanol–water partition coefficient (Wildman–Crippen LogP) is 2.43. The molecule has 1 aromatic heterocycles. The summed E-state index contributed by atoms with van der Waals surface area (Å²) in [5.74, 6) is -0.0109. The topological polar surface area (TPSA) is 46.1 Å². The number of rotatable bonds is 6. The van der Waals surface area contributed by atoms with Crippen molar-refractivity contribution in [3.05, 3.63) is 53.3 Å². The smallest absolute Gasteiger partial charge is 0.253 e. The zero-order valence-electron chi connectivity index (χ0n) is 12.9. The Hall–Kier alpha value is -2.07.